The van der Waals surface area contributed by atoms with Crippen molar-refractivity contribution in [3.8, 4) is 11.5 Å². The van der Waals surface area contributed by atoms with Crippen molar-refractivity contribution in [2.75, 3.05) is 7.11 Å². The number of nitrogens with one attached hydrogen (secondary N) is 2. The summed E-state index contributed by atoms with van der Waals surface area (Å²) in [7, 11) is 1.35. The molecule has 0 heterocycles. The van der Waals surface area contributed by atoms with Crippen LogP contribution in [0.15, 0.2) is 66.7 Å². The van der Waals surface area contributed by atoms with Crippen LogP contribution in [0, 0.1) is 0 Å². The second kappa shape index (κ2) is 12.0. The van der Waals surface area contributed by atoms with Crippen LogP contribution in [-0.2, 0) is 11.3 Å². The second-order valence-electron chi connectivity index (χ2n) is 7.88. The molecule has 0 radical (unpaired) electrons. The van der Waals surface area contributed by atoms with Gasteiger partial charge in [0.05, 0.1) is 23.3 Å². The van der Waals surface area contributed by atoms with Crippen molar-refractivity contribution in [2.45, 2.75) is 19.5 Å². The van der Waals surface area contributed by atoms with Crippen LogP contribution in [0.2, 0.25) is 5.02 Å². The number of hydrazine groups is 1. The predicted octanol–water partition coefficient (Wildman–Crippen LogP) is 3.24. The third-order valence-corrected chi connectivity index (χ3v) is 5.57. The van der Waals surface area contributed by atoms with Crippen LogP contribution in [0.25, 0.3) is 0 Å². The first-order valence-corrected chi connectivity index (χ1v) is 11.4. The summed E-state index contributed by atoms with van der Waals surface area (Å²) >= 11 is 6.32. The number of imide groups is 1. The van der Waals surface area contributed by atoms with Crippen molar-refractivity contribution >= 4 is 35.3 Å². The van der Waals surface area contributed by atoms with E-state index in [9.17, 15) is 29.4 Å². The Hall–Kier alpha value is -4.41. The van der Waals surface area contributed by atoms with Gasteiger partial charge in [-0.05, 0) is 55.0 Å². The van der Waals surface area contributed by atoms with Crippen LogP contribution < -0.4 is 15.5 Å². The van der Waals surface area contributed by atoms with E-state index in [1.807, 2.05) is 0 Å². The number of nitrogens with zero attached hydrogens (tertiary/aromatic N) is 1. The van der Waals surface area contributed by atoms with E-state index in [1.165, 1.54) is 56.5 Å². The minimum atomic E-state index is -1.30. The highest BCUT2D eigenvalue weighted by molar-refractivity contribution is 6.34. The summed E-state index contributed by atoms with van der Waals surface area (Å²) in [5, 5.41) is 22.0. The zero-order valence-corrected chi connectivity index (χ0v) is 20.7. The molecule has 0 aliphatic carbocycles. The number of carboxylic acids is 1. The van der Waals surface area contributed by atoms with Crippen LogP contribution in [0.5, 0.6) is 11.5 Å². The topological polar surface area (TPSA) is 145 Å². The molecule has 0 saturated heterocycles. The first-order valence-electron chi connectivity index (χ1n) is 11.0. The van der Waals surface area contributed by atoms with Crippen LogP contribution in [0.1, 0.15) is 43.6 Å². The first kappa shape index (κ1) is 27.2. The Kier molecular flexibility index (Phi) is 8.83. The van der Waals surface area contributed by atoms with E-state index in [4.69, 9.17) is 16.3 Å². The Morgan fingerprint density at radius 3 is 2.32 bits per heavy atom. The Labute approximate surface area is 217 Å². The Morgan fingerprint density at radius 2 is 1.68 bits per heavy atom. The highest BCUT2D eigenvalue weighted by atomic mass is 35.5. The van der Waals surface area contributed by atoms with E-state index in [-0.39, 0.29) is 39.8 Å². The molecule has 3 aromatic rings. The van der Waals surface area contributed by atoms with Gasteiger partial charge < -0.3 is 20.3 Å². The van der Waals surface area contributed by atoms with Crippen molar-refractivity contribution in [1.82, 2.24) is 15.8 Å². The van der Waals surface area contributed by atoms with Crippen molar-refractivity contribution < 1.29 is 34.1 Å². The number of para-hydroxylation sites is 1. The van der Waals surface area contributed by atoms with Gasteiger partial charge in [0.1, 0.15) is 17.5 Å². The summed E-state index contributed by atoms with van der Waals surface area (Å²) in [4.78, 5) is 50.6. The molecular weight excluding hydrogens is 502 g/mol. The number of ether oxygens (including phenoxy) is 1. The molecule has 0 unspecified atom stereocenters. The number of methoxy groups -OCH3 is 1. The molecule has 0 aliphatic heterocycles. The average molecular weight is 526 g/mol. The summed E-state index contributed by atoms with van der Waals surface area (Å²) in [5.41, 5.74) is 3.10. The summed E-state index contributed by atoms with van der Waals surface area (Å²) in [6.45, 7) is 1.41. The average Bonchev–Trinajstić information content (AvgIpc) is 2.89. The SMILES string of the molecule is COc1ccccc1C(=O)N(N[C@@H](C)C(=O)O)C(=O)c1ccc(C(=O)NCc2cccc(O)c2)cc1Cl. The number of halogens is 1. The number of benzene rings is 3. The maximum atomic E-state index is 13.4. The number of phenolic OH excluding ortho intramolecular Hbond substituents is 1. The van der Waals surface area contributed by atoms with Crippen LogP contribution in [0.4, 0.5) is 0 Å². The van der Waals surface area contributed by atoms with Gasteiger partial charge in [0, 0.05) is 12.1 Å². The lowest BCUT2D eigenvalue weighted by Crippen LogP contribution is -2.53. The number of carbonyl (C=O) groups excluding carboxylic acids is 3. The molecule has 0 spiro atoms. The molecule has 1 atom stereocenters. The van der Waals surface area contributed by atoms with Gasteiger partial charge in [0.15, 0.2) is 0 Å². The molecule has 11 heteroatoms. The maximum Gasteiger partial charge on any atom is 0.322 e. The molecule has 3 rings (SSSR count). The molecule has 3 amide bonds. The van der Waals surface area contributed by atoms with Gasteiger partial charge in [-0.2, -0.15) is 0 Å². The van der Waals surface area contributed by atoms with Crippen molar-refractivity contribution in [3.05, 3.63) is 94.0 Å². The lowest BCUT2D eigenvalue weighted by Gasteiger charge is -2.25. The molecule has 10 nitrogen and oxygen atoms in total. The summed E-state index contributed by atoms with van der Waals surface area (Å²) in [5.74, 6) is -3.32. The normalized spacial score (nSPS) is 11.3. The molecule has 0 aliphatic rings. The number of aromatic hydroxyl groups is 1. The fraction of sp³-hybridized carbons (Fsp3) is 0.154. The van der Waals surface area contributed by atoms with E-state index in [2.05, 4.69) is 10.7 Å². The minimum absolute atomic E-state index is 0.0162. The number of amides is 3. The second-order valence-corrected chi connectivity index (χ2v) is 8.29. The van der Waals surface area contributed by atoms with Gasteiger partial charge in [0.2, 0.25) is 0 Å². The third kappa shape index (κ3) is 6.63. The van der Waals surface area contributed by atoms with Crippen LogP contribution >= 0.6 is 11.6 Å². The zero-order chi connectivity index (χ0) is 27.1. The van der Waals surface area contributed by atoms with Gasteiger partial charge in [-0.25, -0.2) is 10.4 Å². The fourth-order valence-electron chi connectivity index (χ4n) is 3.30. The van der Waals surface area contributed by atoms with E-state index in [1.54, 1.807) is 24.3 Å². The van der Waals surface area contributed by atoms with Gasteiger partial charge >= 0.3 is 5.97 Å². The minimum Gasteiger partial charge on any atom is -0.508 e. The van der Waals surface area contributed by atoms with Gasteiger partial charge in [-0.3, -0.25) is 19.2 Å². The lowest BCUT2D eigenvalue weighted by atomic mass is 10.1. The Balaban J connectivity index is 1.86. The number of carbonyl (C=O) groups is 4. The predicted molar refractivity (Wildman–Crippen MR) is 134 cm³/mol. The number of rotatable bonds is 9. The van der Waals surface area contributed by atoms with Crippen LogP contribution in [0.3, 0.4) is 0 Å². The molecule has 0 aromatic heterocycles. The largest absolute Gasteiger partial charge is 0.508 e. The van der Waals surface area contributed by atoms with Crippen molar-refractivity contribution in [1.29, 1.82) is 0 Å². The smallest absolute Gasteiger partial charge is 0.322 e. The lowest BCUT2D eigenvalue weighted by molar-refractivity contribution is -0.139. The van der Waals surface area contributed by atoms with Crippen molar-refractivity contribution in [3.63, 3.8) is 0 Å². The number of phenols is 1. The molecule has 0 saturated carbocycles. The summed E-state index contributed by atoms with van der Waals surface area (Å²) in [6.07, 6.45) is 0. The van der Waals surface area contributed by atoms with Crippen molar-refractivity contribution in [2.24, 2.45) is 0 Å². The Morgan fingerprint density at radius 1 is 0.973 bits per heavy atom. The molecule has 0 bridgehead atoms. The monoisotopic (exact) mass is 525 g/mol. The molecule has 3 aromatic carbocycles. The number of hydrogen-bond acceptors (Lipinski definition) is 7. The zero-order valence-electron chi connectivity index (χ0n) is 19.9. The fourth-order valence-corrected chi connectivity index (χ4v) is 3.56. The summed E-state index contributed by atoms with van der Waals surface area (Å²) < 4.78 is 5.19. The summed E-state index contributed by atoms with van der Waals surface area (Å²) in [6, 6.07) is 15.1. The van der Waals surface area contributed by atoms with Gasteiger partial charge in [0.25, 0.3) is 17.7 Å². The molecule has 37 heavy (non-hydrogen) atoms. The van der Waals surface area contributed by atoms with E-state index < -0.39 is 29.7 Å². The standard InChI is InChI=1S/C26H24ClN3O7/c1-15(26(35)36)29-30(25(34)20-8-3-4-9-22(20)37-2)24(33)19-11-10-17(13-21(19)27)23(32)28-14-16-6-5-7-18(31)12-16/h3-13,15,29,31H,14H2,1-2H3,(H,28,32)(H,35,36)/t15-/m0/s1. The van der Waals surface area contributed by atoms with E-state index in [0.29, 0.717) is 10.6 Å². The molecule has 192 valence electrons. The first-order chi connectivity index (χ1) is 17.6. The molecule has 4 N–H and O–H groups in total. The highest BCUT2D eigenvalue weighted by Gasteiger charge is 2.30. The molecular formula is C26H24ClN3O7. The number of aliphatic carboxylic acids is 1. The highest BCUT2D eigenvalue weighted by Crippen LogP contribution is 2.23. The maximum absolute atomic E-state index is 13.4. The number of hydrogen-bond donors (Lipinski definition) is 4. The van der Waals surface area contributed by atoms with Gasteiger partial charge in [-0.1, -0.05) is 35.9 Å². The van der Waals surface area contributed by atoms with Gasteiger partial charge in [-0.15, -0.1) is 0 Å². The van der Waals surface area contributed by atoms with E-state index >= 15 is 0 Å². The molecule has 0 fully saturated rings. The number of carboxylic acid groups (broad SMARTS) is 1. The van der Waals surface area contributed by atoms with E-state index in [0.717, 1.165) is 0 Å². The quantitative estimate of drug-likeness (QED) is 0.246. The van der Waals surface area contributed by atoms with Crippen LogP contribution in [-0.4, -0.2) is 52.1 Å². The third-order valence-electron chi connectivity index (χ3n) is 5.26. The Bertz CT molecular complexity index is 1350.